The van der Waals surface area contributed by atoms with E-state index in [2.05, 4.69) is 5.32 Å². The topological polar surface area (TPSA) is 100 Å². The largest absolute Gasteiger partial charge is 0.482 e. The van der Waals surface area contributed by atoms with Gasteiger partial charge in [0.2, 0.25) is 0 Å². The SMILES string of the molecule is CC(C)(C)OC(=O)COc1ccc(C[C@H](NC(=O)OCc2ccccc2)C(=O)OC(C)(C)C)cc1. The smallest absolute Gasteiger partial charge is 0.408 e. The highest BCUT2D eigenvalue weighted by atomic mass is 16.6. The second-order valence-corrected chi connectivity index (χ2v) is 10.0. The van der Waals surface area contributed by atoms with Gasteiger partial charge < -0.3 is 24.3 Å². The van der Waals surface area contributed by atoms with Crippen LogP contribution in [-0.4, -0.2) is 41.9 Å². The number of alkyl carbamates (subject to hydrolysis) is 1. The van der Waals surface area contributed by atoms with Crippen molar-refractivity contribution in [3.63, 3.8) is 0 Å². The number of ether oxygens (including phenoxy) is 4. The molecule has 0 aliphatic carbocycles. The molecule has 1 amide bonds. The number of nitrogens with one attached hydrogen (secondary N) is 1. The number of carbonyl (C=O) groups is 3. The average Bonchev–Trinajstić information content (AvgIpc) is 2.75. The van der Waals surface area contributed by atoms with Gasteiger partial charge in [0.25, 0.3) is 0 Å². The summed E-state index contributed by atoms with van der Waals surface area (Å²) in [6.07, 6.45) is -0.538. The molecule has 2 aromatic rings. The van der Waals surface area contributed by atoms with Crippen LogP contribution in [0.1, 0.15) is 52.7 Å². The minimum atomic E-state index is -0.953. The molecule has 0 radical (unpaired) electrons. The fraction of sp³-hybridized carbons (Fsp3) is 0.444. The Morgan fingerprint density at radius 2 is 1.40 bits per heavy atom. The Balaban J connectivity index is 1.99. The maximum absolute atomic E-state index is 12.8. The molecule has 0 unspecified atom stereocenters. The van der Waals surface area contributed by atoms with E-state index < -0.39 is 35.3 Å². The summed E-state index contributed by atoms with van der Waals surface area (Å²) in [6.45, 7) is 10.5. The predicted octanol–water partition coefficient (Wildman–Crippen LogP) is 4.59. The van der Waals surface area contributed by atoms with Gasteiger partial charge in [0.15, 0.2) is 6.61 Å². The van der Waals surface area contributed by atoms with Crippen molar-refractivity contribution < 1.29 is 33.3 Å². The third-order valence-electron chi connectivity index (χ3n) is 4.34. The fourth-order valence-electron chi connectivity index (χ4n) is 2.94. The monoisotopic (exact) mass is 485 g/mol. The minimum absolute atomic E-state index is 0.0807. The van der Waals surface area contributed by atoms with Gasteiger partial charge in [-0.1, -0.05) is 42.5 Å². The molecule has 0 saturated heterocycles. The Hall–Kier alpha value is -3.55. The Morgan fingerprint density at radius 1 is 0.800 bits per heavy atom. The summed E-state index contributed by atoms with van der Waals surface area (Å²) in [4.78, 5) is 37.0. The van der Waals surface area contributed by atoms with E-state index in [1.165, 1.54) is 0 Å². The highest BCUT2D eigenvalue weighted by Gasteiger charge is 2.27. The number of amides is 1. The first-order valence-electron chi connectivity index (χ1n) is 11.4. The van der Waals surface area contributed by atoms with Crippen LogP contribution in [0.4, 0.5) is 4.79 Å². The lowest BCUT2D eigenvalue weighted by atomic mass is 10.1. The van der Waals surface area contributed by atoms with Gasteiger partial charge in [0.1, 0.15) is 29.6 Å². The molecule has 2 rings (SSSR count). The molecule has 0 heterocycles. The number of hydrogen-bond donors (Lipinski definition) is 1. The summed E-state index contributed by atoms with van der Waals surface area (Å²) in [5.74, 6) is -0.562. The van der Waals surface area contributed by atoms with E-state index in [0.717, 1.165) is 11.1 Å². The van der Waals surface area contributed by atoms with Gasteiger partial charge in [-0.2, -0.15) is 0 Å². The van der Waals surface area contributed by atoms with Gasteiger partial charge in [0.05, 0.1) is 0 Å². The lowest BCUT2D eigenvalue weighted by Crippen LogP contribution is -2.45. The first-order chi connectivity index (χ1) is 16.3. The second-order valence-electron chi connectivity index (χ2n) is 10.0. The third-order valence-corrected chi connectivity index (χ3v) is 4.34. The highest BCUT2D eigenvalue weighted by Crippen LogP contribution is 2.16. The van der Waals surface area contributed by atoms with E-state index in [1.807, 2.05) is 30.3 Å². The number of carbonyl (C=O) groups excluding carboxylic acids is 3. The quantitative estimate of drug-likeness (QED) is 0.410. The van der Waals surface area contributed by atoms with Crippen molar-refractivity contribution in [3.05, 3.63) is 65.7 Å². The Bertz CT molecular complexity index is 973. The van der Waals surface area contributed by atoms with Crippen molar-refractivity contribution in [3.8, 4) is 5.75 Å². The summed E-state index contributed by atoms with van der Waals surface area (Å²) < 4.78 is 21.4. The highest BCUT2D eigenvalue weighted by molar-refractivity contribution is 5.82. The van der Waals surface area contributed by atoms with E-state index in [4.69, 9.17) is 18.9 Å². The molecular formula is C27H35NO7. The minimum Gasteiger partial charge on any atom is -0.482 e. The van der Waals surface area contributed by atoms with Gasteiger partial charge in [-0.05, 0) is 64.8 Å². The summed E-state index contributed by atoms with van der Waals surface area (Å²) in [5, 5.41) is 2.61. The molecule has 0 saturated carbocycles. The van der Waals surface area contributed by atoms with Crippen molar-refractivity contribution in [2.75, 3.05) is 6.61 Å². The van der Waals surface area contributed by atoms with Crippen LogP contribution in [0.3, 0.4) is 0 Å². The zero-order chi connectivity index (χ0) is 26.1. The van der Waals surface area contributed by atoms with E-state index in [0.29, 0.717) is 5.75 Å². The van der Waals surface area contributed by atoms with Crippen LogP contribution in [0.2, 0.25) is 0 Å². The molecule has 190 valence electrons. The lowest BCUT2D eigenvalue weighted by Gasteiger charge is -2.24. The van der Waals surface area contributed by atoms with Gasteiger partial charge in [0, 0.05) is 6.42 Å². The zero-order valence-electron chi connectivity index (χ0n) is 21.3. The summed E-state index contributed by atoms with van der Waals surface area (Å²) >= 11 is 0. The second kappa shape index (κ2) is 12.2. The Kier molecular flexibility index (Phi) is 9.68. The Labute approximate surface area is 206 Å². The summed E-state index contributed by atoms with van der Waals surface area (Å²) in [7, 11) is 0. The van der Waals surface area contributed by atoms with Crippen LogP contribution >= 0.6 is 0 Å². The van der Waals surface area contributed by atoms with Gasteiger partial charge >= 0.3 is 18.0 Å². The third kappa shape index (κ3) is 11.4. The first kappa shape index (κ1) is 27.7. The van der Waals surface area contributed by atoms with E-state index in [1.54, 1.807) is 65.8 Å². The molecule has 0 fully saturated rings. The van der Waals surface area contributed by atoms with Crippen LogP contribution in [0.25, 0.3) is 0 Å². The van der Waals surface area contributed by atoms with Crippen LogP contribution in [0.15, 0.2) is 54.6 Å². The molecule has 8 nitrogen and oxygen atoms in total. The standard InChI is InChI=1S/C27H35NO7/c1-26(2,3)34-23(29)18-32-21-14-12-19(13-15-21)16-22(24(30)35-27(4,5)6)28-25(31)33-17-20-10-8-7-9-11-20/h7-15,22H,16-18H2,1-6H3,(H,28,31)/t22-/m0/s1. The lowest BCUT2D eigenvalue weighted by molar-refractivity contribution is -0.158. The molecule has 8 heteroatoms. The molecule has 35 heavy (non-hydrogen) atoms. The number of rotatable bonds is 9. The van der Waals surface area contributed by atoms with Crippen LogP contribution < -0.4 is 10.1 Å². The van der Waals surface area contributed by atoms with Gasteiger partial charge in [-0.3, -0.25) is 0 Å². The molecule has 0 aliphatic rings. The predicted molar refractivity (Wildman–Crippen MR) is 131 cm³/mol. The maximum atomic E-state index is 12.8. The summed E-state index contributed by atoms with van der Waals surface area (Å²) in [6, 6.07) is 15.1. The zero-order valence-corrected chi connectivity index (χ0v) is 21.3. The van der Waals surface area contributed by atoms with Crippen LogP contribution in [0, 0.1) is 0 Å². The molecule has 0 spiro atoms. The van der Waals surface area contributed by atoms with E-state index in [9.17, 15) is 14.4 Å². The Morgan fingerprint density at radius 3 is 1.97 bits per heavy atom. The molecule has 0 aromatic heterocycles. The van der Waals surface area contributed by atoms with Crippen LogP contribution in [0.5, 0.6) is 5.75 Å². The fourth-order valence-corrected chi connectivity index (χ4v) is 2.94. The molecular weight excluding hydrogens is 450 g/mol. The van der Waals surface area contributed by atoms with Crippen molar-refractivity contribution >= 4 is 18.0 Å². The average molecular weight is 486 g/mol. The molecule has 0 aliphatic heterocycles. The van der Waals surface area contributed by atoms with Crippen molar-refractivity contribution in [2.45, 2.75) is 71.8 Å². The molecule has 1 N–H and O–H groups in total. The normalized spacial score (nSPS) is 12.3. The molecule has 0 bridgehead atoms. The van der Waals surface area contributed by atoms with Crippen molar-refractivity contribution in [1.82, 2.24) is 5.32 Å². The van der Waals surface area contributed by atoms with E-state index >= 15 is 0 Å². The van der Waals surface area contributed by atoms with Gasteiger partial charge in [-0.15, -0.1) is 0 Å². The number of benzene rings is 2. The van der Waals surface area contributed by atoms with Gasteiger partial charge in [-0.25, -0.2) is 14.4 Å². The van der Waals surface area contributed by atoms with Crippen molar-refractivity contribution in [1.29, 1.82) is 0 Å². The first-order valence-corrected chi connectivity index (χ1v) is 11.4. The molecule has 1 atom stereocenters. The number of hydrogen-bond acceptors (Lipinski definition) is 7. The van der Waals surface area contributed by atoms with Crippen molar-refractivity contribution in [2.24, 2.45) is 0 Å². The number of esters is 2. The summed E-state index contributed by atoms with van der Waals surface area (Å²) in [5.41, 5.74) is 0.285. The maximum Gasteiger partial charge on any atom is 0.408 e. The molecule has 2 aromatic carbocycles. The van der Waals surface area contributed by atoms with Crippen LogP contribution in [-0.2, 0) is 36.8 Å². The van der Waals surface area contributed by atoms with E-state index in [-0.39, 0.29) is 19.6 Å².